The summed E-state index contributed by atoms with van der Waals surface area (Å²) in [6.45, 7) is 4.88. The molecule has 5 nitrogen and oxygen atoms in total. The van der Waals surface area contributed by atoms with Crippen molar-refractivity contribution in [1.29, 1.82) is 0 Å². The van der Waals surface area contributed by atoms with Gasteiger partial charge in [-0.25, -0.2) is 8.78 Å². The minimum Gasteiger partial charge on any atom is -0.357 e. The molecule has 1 unspecified atom stereocenters. The first-order valence-corrected chi connectivity index (χ1v) is 9.03. The molecular weight excluding hydrogens is 336 g/mol. The highest BCUT2D eigenvalue weighted by molar-refractivity contribution is 5.80. The van der Waals surface area contributed by atoms with Crippen molar-refractivity contribution in [2.24, 2.45) is 12.0 Å². The van der Waals surface area contributed by atoms with E-state index in [0.29, 0.717) is 12.5 Å². The molecule has 1 fully saturated rings. The maximum Gasteiger partial charge on any atom is 0.193 e. The number of aromatic nitrogens is 2. The highest BCUT2D eigenvalue weighted by Crippen LogP contribution is 2.26. The molecule has 140 valence electrons. The Kier molecular flexibility index (Phi) is 5.85. The third-order valence-corrected chi connectivity index (χ3v) is 4.70. The standard InChI is InChI=1S/C19H25F2N5/c1-3-22-19(23-9-7-16-17(20)5-4-6-18(16)21)26-10-8-14(13-26)15-11-24-25(2)12-15/h4-6,11-12,14H,3,7-10,13H2,1-2H3,(H,22,23). The molecular formula is C19H25F2N5. The van der Waals surface area contributed by atoms with Crippen molar-refractivity contribution < 1.29 is 8.78 Å². The minimum atomic E-state index is -0.511. The SMILES string of the molecule is CCNC(=NCCc1c(F)cccc1F)N1CCC(c2cnn(C)c2)C1. The summed E-state index contributed by atoms with van der Waals surface area (Å²) in [6.07, 6.45) is 5.25. The molecule has 26 heavy (non-hydrogen) atoms. The van der Waals surface area contributed by atoms with Crippen LogP contribution in [0.2, 0.25) is 0 Å². The second-order valence-corrected chi connectivity index (χ2v) is 6.56. The van der Waals surface area contributed by atoms with Gasteiger partial charge in [0, 0.05) is 50.9 Å². The van der Waals surface area contributed by atoms with Crippen LogP contribution in [-0.2, 0) is 13.5 Å². The molecule has 2 aromatic rings. The van der Waals surface area contributed by atoms with Gasteiger partial charge in [0.2, 0.25) is 0 Å². The van der Waals surface area contributed by atoms with Crippen LogP contribution >= 0.6 is 0 Å². The first-order valence-electron chi connectivity index (χ1n) is 9.03. The van der Waals surface area contributed by atoms with Crippen LogP contribution in [0, 0.1) is 11.6 Å². The van der Waals surface area contributed by atoms with E-state index in [9.17, 15) is 8.78 Å². The minimum absolute atomic E-state index is 0.0988. The molecule has 3 rings (SSSR count). The third kappa shape index (κ3) is 4.20. The quantitative estimate of drug-likeness (QED) is 0.658. The van der Waals surface area contributed by atoms with E-state index in [1.807, 2.05) is 24.9 Å². The number of nitrogens with zero attached hydrogens (tertiary/aromatic N) is 4. The zero-order chi connectivity index (χ0) is 18.5. The summed E-state index contributed by atoms with van der Waals surface area (Å²) in [4.78, 5) is 6.79. The Labute approximate surface area is 152 Å². The molecule has 0 radical (unpaired) electrons. The molecule has 1 aromatic carbocycles. The molecule has 1 aliphatic rings. The Morgan fingerprint density at radius 2 is 2.12 bits per heavy atom. The molecule has 1 aromatic heterocycles. The lowest BCUT2D eigenvalue weighted by Crippen LogP contribution is -2.40. The van der Waals surface area contributed by atoms with Crippen LogP contribution < -0.4 is 5.32 Å². The zero-order valence-electron chi connectivity index (χ0n) is 15.3. The number of aryl methyl sites for hydroxylation is 1. The van der Waals surface area contributed by atoms with E-state index in [1.165, 1.54) is 23.8 Å². The topological polar surface area (TPSA) is 45.5 Å². The smallest absolute Gasteiger partial charge is 0.193 e. The number of hydrogen-bond acceptors (Lipinski definition) is 2. The third-order valence-electron chi connectivity index (χ3n) is 4.70. The maximum atomic E-state index is 13.7. The molecule has 0 amide bonds. The Morgan fingerprint density at radius 1 is 1.35 bits per heavy atom. The number of likely N-dealkylation sites (tertiary alicyclic amines) is 1. The van der Waals surface area contributed by atoms with Gasteiger partial charge < -0.3 is 10.2 Å². The summed E-state index contributed by atoms with van der Waals surface area (Å²) >= 11 is 0. The van der Waals surface area contributed by atoms with E-state index in [4.69, 9.17) is 0 Å². The van der Waals surface area contributed by atoms with Crippen LogP contribution in [0.15, 0.2) is 35.6 Å². The predicted octanol–water partition coefficient (Wildman–Crippen LogP) is 2.70. The molecule has 1 saturated heterocycles. The lowest BCUT2D eigenvalue weighted by atomic mass is 10.0. The van der Waals surface area contributed by atoms with Crippen molar-refractivity contribution in [3.05, 3.63) is 53.4 Å². The number of aliphatic imine (C=N–C) groups is 1. The first-order chi connectivity index (χ1) is 12.6. The van der Waals surface area contributed by atoms with Crippen molar-refractivity contribution in [3.8, 4) is 0 Å². The van der Waals surface area contributed by atoms with Crippen molar-refractivity contribution in [2.45, 2.75) is 25.7 Å². The van der Waals surface area contributed by atoms with Gasteiger partial charge in [-0.3, -0.25) is 9.67 Å². The molecule has 1 N–H and O–H groups in total. The van der Waals surface area contributed by atoms with E-state index in [2.05, 4.69) is 26.5 Å². The lowest BCUT2D eigenvalue weighted by Gasteiger charge is -2.21. The van der Waals surface area contributed by atoms with Gasteiger partial charge in [-0.1, -0.05) is 6.07 Å². The highest BCUT2D eigenvalue weighted by atomic mass is 19.1. The van der Waals surface area contributed by atoms with Crippen molar-refractivity contribution in [3.63, 3.8) is 0 Å². The van der Waals surface area contributed by atoms with Gasteiger partial charge in [-0.15, -0.1) is 0 Å². The second-order valence-electron chi connectivity index (χ2n) is 6.56. The monoisotopic (exact) mass is 361 g/mol. The van der Waals surface area contributed by atoms with Crippen molar-refractivity contribution in [1.82, 2.24) is 20.0 Å². The fraction of sp³-hybridized carbons (Fsp3) is 0.474. The molecule has 0 bridgehead atoms. The lowest BCUT2D eigenvalue weighted by molar-refractivity contribution is 0.485. The first kappa shape index (κ1) is 18.4. The van der Waals surface area contributed by atoms with E-state index in [0.717, 1.165) is 32.0 Å². The van der Waals surface area contributed by atoms with Gasteiger partial charge in [-0.2, -0.15) is 5.10 Å². The van der Waals surface area contributed by atoms with Gasteiger partial charge >= 0.3 is 0 Å². The van der Waals surface area contributed by atoms with Crippen LogP contribution in [-0.4, -0.2) is 46.8 Å². The Hall–Kier alpha value is -2.44. The predicted molar refractivity (Wildman–Crippen MR) is 98.2 cm³/mol. The molecule has 0 aliphatic carbocycles. The largest absolute Gasteiger partial charge is 0.357 e. The van der Waals surface area contributed by atoms with Crippen LogP contribution in [0.1, 0.15) is 30.4 Å². The molecule has 1 aliphatic heterocycles. The number of nitrogens with one attached hydrogen (secondary N) is 1. The van der Waals surface area contributed by atoms with Gasteiger partial charge in [0.25, 0.3) is 0 Å². The number of benzene rings is 1. The van der Waals surface area contributed by atoms with Gasteiger partial charge in [0.15, 0.2) is 5.96 Å². The summed E-state index contributed by atoms with van der Waals surface area (Å²) in [5, 5.41) is 7.53. The number of hydrogen-bond donors (Lipinski definition) is 1. The Balaban J connectivity index is 1.64. The summed E-state index contributed by atoms with van der Waals surface area (Å²) < 4.78 is 29.3. The average Bonchev–Trinajstić information content (AvgIpc) is 3.25. The molecule has 0 saturated carbocycles. The van der Waals surface area contributed by atoms with Gasteiger partial charge in [0.05, 0.1) is 6.20 Å². The maximum absolute atomic E-state index is 13.7. The van der Waals surface area contributed by atoms with Crippen molar-refractivity contribution >= 4 is 5.96 Å². The highest BCUT2D eigenvalue weighted by Gasteiger charge is 2.26. The van der Waals surface area contributed by atoms with E-state index in [-0.39, 0.29) is 12.0 Å². The normalized spacial score (nSPS) is 17.8. The molecule has 7 heteroatoms. The van der Waals surface area contributed by atoms with E-state index >= 15 is 0 Å². The molecule has 1 atom stereocenters. The number of halogens is 2. The second kappa shape index (κ2) is 8.29. The molecule has 0 spiro atoms. The van der Waals surface area contributed by atoms with Crippen molar-refractivity contribution in [2.75, 3.05) is 26.2 Å². The summed E-state index contributed by atoms with van der Waals surface area (Å²) in [7, 11) is 1.92. The van der Waals surface area contributed by atoms with Crippen LogP contribution in [0.3, 0.4) is 0 Å². The molecule has 2 heterocycles. The fourth-order valence-corrected chi connectivity index (χ4v) is 3.35. The Bertz CT molecular complexity index is 751. The van der Waals surface area contributed by atoms with Gasteiger partial charge in [0.1, 0.15) is 11.6 Å². The summed E-state index contributed by atoms with van der Waals surface area (Å²) in [5.74, 6) is 0.207. The van der Waals surface area contributed by atoms with Gasteiger partial charge in [-0.05, 0) is 37.5 Å². The average molecular weight is 361 g/mol. The van der Waals surface area contributed by atoms with E-state index in [1.54, 1.807) is 0 Å². The zero-order valence-corrected chi connectivity index (χ0v) is 15.3. The summed E-state index contributed by atoms with van der Waals surface area (Å²) in [5.41, 5.74) is 1.33. The fourth-order valence-electron chi connectivity index (χ4n) is 3.35. The van der Waals surface area contributed by atoms with Crippen LogP contribution in [0.4, 0.5) is 8.78 Å². The van der Waals surface area contributed by atoms with Crippen LogP contribution in [0.5, 0.6) is 0 Å². The number of guanidine groups is 1. The summed E-state index contributed by atoms with van der Waals surface area (Å²) in [6, 6.07) is 3.95. The van der Waals surface area contributed by atoms with E-state index < -0.39 is 11.6 Å². The number of rotatable bonds is 5. The van der Waals surface area contributed by atoms with Crippen LogP contribution in [0.25, 0.3) is 0 Å². The Morgan fingerprint density at radius 3 is 2.77 bits per heavy atom.